The van der Waals surface area contributed by atoms with Gasteiger partial charge in [-0.1, -0.05) is 18.2 Å². The van der Waals surface area contributed by atoms with Crippen LogP contribution >= 0.6 is 0 Å². The average molecular weight is 349 g/mol. The lowest BCUT2D eigenvalue weighted by Crippen LogP contribution is -2.34. The van der Waals surface area contributed by atoms with Crippen molar-refractivity contribution in [2.75, 3.05) is 19.7 Å². The quantitative estimate of drug-likeness (QED) is 0.779. The molecule has 0 N–H and O–H groups in total. The number of carbonyl (C=O) groups is 1. The summed E-state index contributed by atoms with van der Waals surface area (Å²) in [6.45, 7) is 1.99. The zero-order chi connectivity index (χ0) is 17.8. The van der Waals surface area contributed by atoms with Gasteiger partial charge >= 0.3 is 0 Å². The molecule has 0 saturated carbocycles. The van der Waals surface area contributed by atoms with E-state index in [0.717, 1.165) is 30.8 Å². The second-order valence-corrected chi connectivity index (χ2v) is 7.00. The summed E-state index contributed by atoms with van der Waals surface area (Å²) in [5.74, 6) is 1.56. The van der Waals surface area contributed by atoms with Crippen LogP contribution in [0.1, 0.15) is 24.5 Å². The summed E-state index contributed by atoms with van der Waals surface area (Å²) in [5, 5.41) is 0. The van der Waals surface area contributed by atoms with Crippen LogP contribution in [0.25, 0.3) is 0 Å². The van der Waals surface area contributed by atoms with Crippen LogP contribution in [0.15, 0.2) is 61.1 Å². The van der Waals surface area contributed by atoms with E-state index in [1.807, 2.05) is 41.4 Å². The Morgan fingerprint density at radius 3 is 2.73 bits per heavy atom. The van der Waals surface area contributed by atoms with Crippen molar-refractivity contribution in [3.05, 3.63) is 66.8 Å². The number of hydrogen-bond acceptors (Lipinski definition) is 4. The van der Waals surface area contributed by atoms with Crippen LogP contribution in [0.5, 0.6) is 5.75 Å². The van der Waals surface area contributed by atoms with E-state index < -0.39 is 0 Å². The minimum absolute atomic E-state index is 0.109. The lowest BCUT2D eigenvalue weighted by atomic mass is 9.93. The predicted molar refractivity (Wildman–Crippen MR) is 98.6 cm³/mol. The molecule has 0 unspecified atom stereocenters. The van der Waals surface area contributed by atoms with E-state index >= 15 is 0 Å². The van der Waals surface area contributed by atoms with E-state index in [1.165, 1.54) is 0 Å². The molecule has 134 valence electrons. The van der Waals surface area contributed by atoms with Gasteiger partial charge in [0.2, 0.25) is 5.91 Å². The normalized spacial score (nSPS) is 22.7. The Bertz CT molecular complexity index is 755. The molecule has 4 rings (SSSR count). The number of ether oxygens (including phenoxy) is 1. The van der Waals surface area contributed by atoms with Crippen LogP contribution in [0.4, 0.5) is 0 Å². The third-order valence-corrected chi connectivity index (χ3v) is 5.28. The molecule has 2 aliphatic rings. The van der Waals surface area contributed by atoms with E-state index in [4.69, 9.17) is 4.74 Å². The first-order valence-electron chi connectivity index (χ1n) is 9.19. The summed E-state index contributed by atoms with van der Waals surface area (Å²) in [6, 6.07) is 9.75. The van der Waals surface area contributed by atoms with Crippen LogP contribution in [0, 0.1) is 11.8 Å². The van der Waals surface area contributed by atoms with Gasteiger partial charge < -0.3 is 9.64 Å². The van der Waals surface area contributed by atoms with Crippen molar-refractivity contribution in [3.63, 3.8) is 0 Å². The van der Waals surface area contributed by atoms with Crippen LogP contribution in [0.3, 0.4) is 0 Å². The third kappa shape index (κ3) is 3.62. The Balaban J connectivity index is 1.48. The molecule has 2 aromatic heterocycles. The average Bonchev–Trinajstić information content (AvgIpc) is 3.37. The maximum atomic E-state index is 12.9. The predicted octanol–water partition coefficient (Wildman–Crippen LogP) is 3.06. The fraction of sp³-hybridized carbons (Fsp3) is 0.381. The smallest absolute Gasteiger partial charge is 0.226 e. The number of nitrogens with zero attached hydrogens (tertiary/aromatic N) is 3. The molecule has 5 nitrogen and oxygen atoms in total. The first-order valence-corrected chi connectivity index (χ1v) is 9.19. The van der Waals surface area contributed by atoms with Gasteiger partial charge in [0.1, 0.15) is 5.75 Å². The van der Waals surface area contributed by atoms with Crippen molar-refractivity contribution >= 4 is 5.91 Å². The molecule has 1 aliphatic carbocycles. The first kappa shape index (κ1) is 16.8. The largest absolute Gasteiger partial charge is 0.492 e. The van der Waals surface area contributed by atoms with Crippen molar-refractivity contribution in [2.24, 2.45) is 11.8 Å². The standard InChI is InChI=1S/C21H23N3O2/c25-21(16-6-1-2-7-16)24-13-17(15-26-18-8-5-10-22-12-18)19(14-24)20-9-3-4-11-23-20/h1-5,8-12,16-17,19H,6-7,13-15H2/t17-,19+/m0/s1. The van der Waals surface area contributed by atoms with Gasteiger partial charge in [0, 0.05) is 48.9 Å². The Morgan fingerprint density at radius 2 is 2.00 bits per heavy atom. The molecule has 0 radical (unpaired) electrons. The van der Waals surface area contributed by atoms with Gasteiger partial charge in [0.15, 0.2) is 0 Å². The van der Waals surface area contributed by atoms with Gasteiger partial charge in [-0.15, -0.1) is 0 Å². The number of pyridine rings is 2. The monoisotopic (exact) mass is 349 g/mol. The Morgan fingerprint density at radius 1 is 1.12 bits per heavy atom. The Hall–Kier alpha value is -2.69. The molecule has 0 bridgehead atoms. The maximum absolute atomic E-state index is 12.9. The van der Waals surface area contributed by atoms with Gasteiger partial charge in [-0.05, 0) is 37.1 Å². The molecule has 2 aromatic rings. The SMILES string of the molecule is O=C(C1CC=CC1)N1C[C@@H](COc2cccnc2)[C@H](c2ccccn2)C1. The summed E-state index contributed by atoms with van der Waals surface area (Å²) in [5.41, 5.74) is 1.03. The number of rotatable bonds is 5. The summed E-state index contributed by atoms with van der Waals surface area (Å²) in [7, 11) is 0. The first-order chi connectivity index (χ1) is 12.8. The molecule has 1 fully saturated rings. The topological polar surface area (TPSA) is 55.3 Å². The molecule has 5 heteroatoms. The minimum atomic E-state index is 0.109. The molecular weight excluding hydrogens is 326 g/mol. The zero-order valence-corrected chi connectivity index (χ0v) is 14.7. The molecular formula is C21H23N3O2. The highest BCUT2D eigenvalue weighted by Gasteiger charge is 2.39. The molecule has 1 aliphatic heterocycles. The van der Waals surface area contributed by atoms with Gasteiger partial charge in [-0.2, -0.15) is 0 Å². The van der Waals surface area contributed by atoms with Crippen molar-refractivity contribution in [3.8, 4) is 5.75 Å². The van der Waals surface area contributed by atoms with Crippen molar-refractivity contribution in [1.82, 2.24) is 14.9 Å². The number of allylic oxidation sites excluding steroid dienone is 2. The second-order valence-electron chi connectivity index (χ2n) is 7.00. The fourth-order valence-corrected chi connectivity index (χ4v) is 3.86. The summed E-state index contributed by atoms with van der Waals surface area (Å²) in [6.07, 6.45) is 11.2. The second kappa shape index (κ2) is 7.68. The van der Waals surface area contributed by atoms with Gasteiger partial charge in [-0.3, -0.25) is 14.8 Å². The summed E-state index contributed by atoms with van der Waals surface area (Å²) >= 11 is 0. The minimum Gasteiger partial charge on any atom is -0.492 e. The third-order valence-electron chi connectivity index (χ3n) is 5.28. The summed E-state index contributed by atoms with van der Waals surface area (Å²) < 4.78 is 5.95. The highest BCUT2D eigenvalue weighted by molar-refractivity contribution is 5.80. The van der Waals surface area contributed by atoms with E-state index in [1.54, 1.807) is 12.4 Å². The van der Waals surface area contributed by atoms with Gasteiger partial charge in [0.25, 0.3) is 0 Å². The number of amides is 1. The molecule has 1 amide bonds. The zero-order valence-electron chi connectivity index (χ0n) is 14.7. The van der Waals surface area contributed by atoms with Crippen molar-refractivity contribution in [1.29, 1.82) is 0 Å². The van der Waals surface area contributed by atoms with Crippen molar-refractivity contribution in [2.45, 2.75) is 18.8 Å². The Kier molecular flexibility index (Phi) is 4.95. The van der Waals surface area contributed by atoms with Crippen LogP contribution in [-0.4, -0.2) is 40.5 Å². The lowest BCUT2D eigenvalue weighted by Gasteiger charge is -2.20. The number of aromatic nitrogens is 2. The van der Waals surface area contributed by atoms with Gasteiger partial charge in [-0.25, -0.2) is 0 Å². The molecule has 26 heavy (non-hydrogen) atoms. The van der Waals surface area contributed by atoms with Crippen LogP contribution in [-0.2, 0) is 4.79 Å². The fourth-order valence-electron chi connectivity index (χ4n) is 3.86. The van der Waals surface area contributed by atoms with E-state index in [-0.39, 0.29) is 23.7 Å². The number of likely N-dealkylation sites (tertiary alicyclic amines) is 1. The Labute approximate surface area is 153 Å². The molecule has 3 heterocycles. The molecule has 2 atom stereocenters. The maximum Gasteiger partial charge on any atom is 0.226 e. The van der Waals surface area contributed by atoms with E-state index in [9.17, 15) is 4.79 Å². The van der Waals surface area contributed by atoms with Gasteiger partial charge in [0.05, 0.1) is 12.8 Å². The highest BCUT2D eigenvalue weighted by Crippen LogP contribution is 2.34. The highest BCUT2D eigenvalue weighted by atomic mass is 16.5. The summed E-state index contributed by atoms with van der Waals surface area (Å²) in [4.78, 5) is 23.5. The number of carbonyl (C=O) groups excluding carboxylic acids is 1. The van der Waals surface area contributed by atoms with E-state index in [2.05, 4.69) is 22.1 Å². The number of hydrogen-bond donors (Lipinski definition) is 0. The van der Waals surface area contributed by atoms with Crippen LogP contribution in [0.2, 0.25) is 0 Å². The van der Waals surface area contributed by atoms with Crippen molar-refractivity contribution < 1.29 is 9.53 Å². The molecule has 1 saturated heterocycles. The molecule has 0 aromatic carbocycles. The molecule has 0 spiro atoms. The lowest BCUT2D eigenvalue weighted by molar-refractivity contribution is -0.134. The van der Waals surface area contributed by atoms with Crippen LogP contribution < -0.4 is 4.74 Å². The van der Waals surface area contributed by atoms with E-state index in [0.29, 0.717) is 13.2 Å².